The molecule has 0 saturated carbocycles. The third kappa shape index (κ3) is 9.03. The zero-order valence-corrected chi connectivity index (χ0v) is 30.1. The second-order valence-corrected chi connectivity index (χ2v) is 19.8. The van der Waals surface area contributed by atoms with Crippen LogP contribution in [-0.4, -0.2) is 24.6 Å². The van der Waals surface area contributed by atoms with Gasteiger partial charge in [-0.25, -0.2) is 0 Å². The summed E-state index contributed by atoms with van der Waals surface area (Å²) in [5, 5.41) is 3.69. The van der Waals surface area contributed by atoms with E-state index in [-0.39, 0.29) is 59.8 Å². The van der Waals surface area contributed by atoms with E-state index in [1.807, 2.05) is 10.6 Å². The van der Waals surface area contributed by atoms with E-state index < -0.39 is 0 Å². The van der Waals surface area contributed by atoms with Crippen LogP contribution in [-0.2, 0) is 19.2 Å². The molecule has 2 atom stereocenters. The Labute approximate surface area is 263 Å². The summed E-state index contributed by atoms with van der Waals surface area (Å²) < 4.78 is 1.38. The number of halogens is 2. The van der Waals surface area contributed by atoms with Crippen molar-refractivity contribution >= 4 is 28.0 Å². The first kappa shape index (κ1) is 35.3. The van der Waals surface area contributed by atoms with Gasteiger partial charge in [-0.2, -0.15) is 0 Å². The zero-order chi connectivity index (χ0) is 26.7. The normalized spacial score (nSPS) is 17.8. The molecule has 5 heteroatoms. The van der Waals surface area contributed by atoms with Crippen molar-refractivity contribution in [1.82, 2.24) is 0 Å². The molecule has 2 aliphatic carbocycles. The van der Waals surface area contributed by atoms with Crippen LogP contribution in [0.1, 0.15) is 86.1 Å². The van der Waals surface area contributed by atoms with Crippen molar-refractivity contribution in [3.8, 4) is 0 Å². The Morgan fingerprint density at radius 3 is 1.15 bits per heavy atom. The van der Waals surface area contributed by atoms with Gasteiger partial charge in [0.15, 0.2) is 0 Å². The van der Waals surface area contributed by atoms with Crippen LogP contribution in [0, 0.1) is 23.7 Å². The van der Waals surface area contributed by atoms with E-state index in [0.29, 0.717) is 8.45 Å². The Morgan fingerprint density at radius 2 is 0.846 bits per heavy atom. The fourth-order valence-electron chi connectivity index (χ4n) is 6.01. The summed E-state index contributed by atoms with van der Waals surface area (Å²) in [5.41, 5.74) is 6.35. The third-order valence-electron chi connectivity index (χ3n) is 7.22. The first-order valence-electron chi connectivity index (χ1n) is 14.5. The van der Waals surface area contributed by atoms with Crippen molar-refractivity contribution in [3.63, 3.8) is 0 Å². The average molecular weight is 637 g/mol. The molecule has 0 saturated heterocycles. The van der Waals surface area contributed by atoms with E-state index in [4.69, 9.17) is 0 Å². The van der Waals surface area contributed by atoms with Gasteiger partial charge in [0, 0.05) is 0 Å². The molecule has 4 rings (SSSR count). The largest absolute Gasteiger partial charge is 1.00 e. The molecule has 2 aliphatic rings. The van der Waals surface area contributed by atoms with E-state index in [9.17, 15) is 0 Å². The summed E-state index contributed by atoms with van der Waals surface area (Å²) >= 11 is -0.301. The molecular weight excluding hydrogens is 589 g/mol. The Balaban J connectivity index is 0.00000267. The molecule has 39 heavy (non-hydrogen) atoms. The van der Waals surface area contributed by atoms with Gasteiger partial charge in [-0.3, -0.25) is 0 Å². The summed E-state index contributed by atoms with van der Waals surface area (Å²) in [6, 6.07) is 18.8. The summed E-state index contributed by atoms with van der Waals surface area (Å²) in [6.45, 7) is 19.5. The smallest absolute Gasteiger partial charge is 1.00 e. The van der Waals surface area contributed by atoms with Gasteiger partial charge < -0.3 is 24.8 Å². The number of allylic oxidation sites excluding steroid dienone is 2. The standard InChI is InChI=1S/2C17H24P.2ClH.Ti/c2*1-13(2)11-18(12-14(3)4)17-9-15-7-5-6-8-16(15)10-17;;;/h2*5-10,13-14H,11-12H2,1-4H3;2*1H;/q;;;;+2/p-2. The molecular formula is C34H48Cl2P2Ti. The fourth-order valence-corrected chi connectivity index (χ4v) is 17.4. The molecule has 0 radical (unpaired) electrons. The van der Waals surface area contributed by atoms with Crippen LogP contribution < -0.4 is 24.8 Å². The van der Waals surface area contributed by atoms with Crippen molar-refractivity contribution < 1.29 is 44.0 Å². The Kier molecular flexibility index (Phi) is 14.5. The number of fused-ring (bicyclic) bond motifs is 2. The van der Waals surface area contributed by atoms with Gasteiger partial charge in [0.2, 0.25) is 0 Å². The summed E-state index contributed by atoms with van der Waals surface area (Å²) in [4.78, 5) is 0. The van der Waals surface area contributed by atoms with Gasteiger partial charge >= 0.3 is 241 Å². The number of hydrogen-bond donors (Lipinski definition) is 0. The van der Waals surface area contributed by atoms with Gasteiger partial charge in [-0.05, 0) is 0 Å². The van der Waals surface area contributed by atoms with E-state index in [1.165, 1.54) is 35.8 Å². The minimum atomic E-state index is -0.301. The molecule has 0 fully saturated rings. The molecule has 2 aromatic carbocycles. The first-order chi connectivity index (χ1) is 17.6. The maximum atomic E-state index is 2.66. The summed E-state index contributed by atoms with van der Waals surface area (Å²) in [6.07, 6.45) is 10.9. The molecule has 2 unspecified atom stereocenters. The van der Waals surface area contributed by atoms with Gasteiger partial charge in [-0.15, -0.1) is 0 Å². The topological polar surface area (TPSA) is 0 Å². The predicted octanol–water partition coefficient (Wildman–Crippen LogP) is 4.86. The van der Waals surface area contributed by atoms with Crippen LogP contribution in [0.15, 0.2) is 59.2 Å². The average Bonchev–Trinajstić information content (AvgIpc) is 3.36. The van der Waals surface area contributed by atoms with Crippen molar-refractivity contribution in [2.45, 2.75) is 63.8 Å². The minimum absolute atomic E-state index is 0. The van der Waals surface area contributed by atoms with Crippen LogP contribution in [0.4, 0.5) is 0 Å². The Bertz CT molecular complexity index is 1010. The van der Waals surface area contributed by atoms with Crippen LogP contribution >= 0.6 is 15.8 Å². The van der Waals surface area contributed by atoms with Crippen LogP contribution in [0.5, 0.6) is 0 Å². The SMILES string of the molecule is CC(C)CP(CC(C)C)C1=Cc2ccccc2[CH]1[Ti+2][CH]1C(P(CC(C)C)CC(C)C)=Cc2ccccc21.[Cl-].[Cl-]. The number of rotatable bonds is 12. The molecule has 0 heterocycles. The molecule has 0 aliphatic heterocycles. The molecule has 0 nitrogen and oxygen atoms in total. The third-order valence-corrected chi connectivity index (χ3v) is 17.9. The fraction of sp³-hybridized carbons (Fsp3) is 0.529. The van der Waals surface area contributed by atoms with Crippen LogP contribution in [0.3, 0.4) is 0 Å². The first-order valence-corrected chi connectivity index (χ1v) is 19.7. The monoisotopic (exact) mass is 636 g/mol. The molecule has 0 aromatic heterocycles. The van der Waals surface area contributed by atoms with E-state index in [1.54, 1.807) is 11.1 Å². The maximum absolute atomic E-state index is 2.66. The van der Waals surface area contributed by atoms with Crippen molar-refractivity contribution in [1.29, 1.82) is 0 Å². The van der Waals surface area contributed by atoms with Crippen molar-refractivity contribution in [2.24, 2.45) is 23.7 Å². The summed E-state index contributed by atoms with van der Waals surface area (Å²) in [7, 11) is -0.186. The Morgan fingerprint density at radius 1 is 0.538 bits per heavy atom. The molecule has 0 N–H and O–H groups in total. The van der Waals surface area contributed by atoms with Gasteiger partial charge in [0.05, 0.1) is 0 Å². The number of benzene rings is 2. The summed E-state index contributed by atoms with van der Waals surface area (Å²) in [5.74, 6) is 3.07. The molecule has 0 amide bonds. The molecule has 212 valence electrons. The van der Waals surface area contributed by atoms with E-state index >= 15 is 0 Å². The van der Waals surface area contributed by atoms with Crippen molar-refractivity contribution in [3.05, 3.63) is 81.4 Å². The zero-order valence-electron chi connectivity index (χ0n) is 25.2. The quantitative estimate of drug-likeness (QED) is 0.231. The van der Waals surface area contributed by atoms with Crippen LogP contribution in [0.2, 0.25) is 0 Å². The van der Waals surface area contributed by atoms with Gasteiger partial charge in [-0.1, -0.05) is 0 Å². The molecule has 0 bridgehead atoms. The second-order valence-electron chi connectivity index (χ2n) is 12.8. The number of hydrogen-bond acceptors (Lipinski definition) is 0. The molecule has 2 aromatic rings. The van der Waals surface area contributed by atoms with Crippen LogP contribution in [0.25, 0.3) is 12.2 Å². The van der Waals surface area contributed by atoms with Crippen molar-refractivity contribution in [2.75, 3.05) is 24.6 Å². The minimum Gasteiger partial charge on any atom is -1.00 e. The van der Waals surface area contributed by atoms with E-state index in [0.717, 1.165) is 23.7 Å². The van der Waals surface area contributed by atoms with Gasteiger partial charge in [0.1, 0.15) is 0 Å². The maximum Gasteiger partial charge on any atom is -1.00 e. The second kappa shape index (κ2) is 16.1. The van der Waals surface area contributed by atoms with Gasteiger partial charge in [0.25, 0.3) is 0 Å². The molecule has 0 spiro atoms. The predicted molar refractivity (Wildman–Crippen MR) is 167 cm³/mol. The van der Waals surface area contributed by atoms with E-state index in [2.05, 4.69) is 116 Å². The Hall–Kier alpha value is 0.0743.